The molecule has 200 valence electrons. The number of sulfone groups is 1. The Hall–Kier alpha value is -2.24. The summed E-state index contributed by atoms with van der Waals surface area (Å²) in [7, 11) is -8.80. The molecule has 3 rings (SSSR count). The molecule has 37 heavy (non-hydrogen) atoms. The first-order valence-electron chi connectivity index (χ1n) is 12.1. The molecule has 1 aliphatic heterocycles. The van der Waals surface area contributed by atoms with Crippen LogP contribution < -0.4 is 0 Å². The Morgan fingerprint density at radius 1 is 0.946 bits per heavy atom. The topological polar surface area (TPSA) is 90.0 Å². The number of sulfonamides is 1. The second-order valence-electron chi connectivity index (χ2n) is 10.3. The number of benzene rings is 2. The molecule has 0 radical (unpaired) electrons. The fourth-order valence-electron chi connectivity index (χ4n) is 4.03. The predicted molar refractivity (Wildman–Crippen MR) is 147 cm³/mol. The van der Waals surface area contributed by atoms with Crippen molar-refractivity contribution >= 4 is 27.0 Å². The van der Waals surface area contributed by atoms with E-state index in [9.17, 15) is 16.8 Å². The Morgan fingerprint density at radius 2 is 1.49 bits per heavy atom. The van der Waals surface area contributed by atoms with E-state index in [1.54, 1.807) is 42.5 Å². The van der Waals surface area contributed by atoms with Gasteiger partial charge in [-0.3, -0.25) is 0 Å². The molecule has 0 aromatic heterocycles. The van der Waals surface area contributed by atoms with E-state index in [4.69, 9.17) is 9.31 Å². The maximum absolute atomic E-state index is 13.8. The minimum atomic E-state index is -3.95. The summed E-state index contributed by atoms with van der Waals surface area (Å²) in [6.07, 6.45) is 1.44. The van der Waals surface area contributed by atoms with E-state index in [1.165, 1.54) is 22.5 Å². The molecule has 0 spiro atoms. The monoisotopic (exact) mass is 545 g/mol. The average molecular weight is 546 g/mol. The van der Waals surface area contributed by atoms with E-state index in [0.717, 1.165) is 5.56 Å². The lowest BCUT2D eigenvalue weighted by Gasteiger charge is -2.32. The second kappa shape index (κ2) is 10.9. The van der Waals surface area contributed by atoms with Crippen molar-refractivity contribution in [1.82, 2.24) is 4.31 Å². The van der Waals surface area contributed by atoms with Crippen LogP contribution in [-0.2, 0) is 29.2 Å². The highest BCUT2D eigenvalue weighted by atomic mass is 32.2. The summed E-state index contributed by atoms with van der Waals surface area (Å²) in [4.78, 5) is 0.251. The molecular formula is C27H36BNO6S2. The van der Waals surface area contributed by atoms with Gasteiger partial charge in [-0.05, 0) is 70.8 Å². The van der Waals surface area contributed by atoms with Crippen molar-refractivity contribution in [2.24, 2.45) is 0 Å². The van der Waals surface area contributed by atoms with Crippen LogP contribution in [0.2, 0.25) is 0 Å². The maximum Gasteiger partial charge on any atom is 0.491 e. The van der Waals surface area contributed by atoms with Crippen LogP contribution >= 0.6 is 0 Å². The minimum Gasteiger partial charge on any atom is -0.400 e. The first kappa shape index (κ1) is 29.3. The van der Waals surface area contributed by atoms with E-state index in [2.05, 4.69) is 13.2 Å². The molecule has 2 aromatic rings. The normalized spacial score (nSPS) is 18.1. The van der Waals surface area contributed by atoms with Gasteiger partial charge in [0.05, 0.1) is 26.2 Å². The Morgan fingerprint density at radius 3 is 2.00 bits per heavy atom. The second-order valence-corrected chi connectivity index (χ2v) is 14.3. The van der Waals surface area contributed by atoms with Gasteiger partial charge in [0.1, 0.15) is 0 Å². The van der Waals surface area contributed by atoms with Gasteiger partial charge in [0.2, 0.25) is 10.0 Å². The lowest BCUT2D eigenvalue weighted by atomic mass is 9.76. The molecule has 0 N–H and O–H groups in total. The van der Waals surface area contributed by atoms with Crippen LogP contribution in [0, 0.1) is 6.92 Å². The number of hydrogen-bond acceptors (Lipinski definition) is 6. The van der Waals surface area contributed by atoms with Gasteiger partial charge in [0.25, 0.3) is 0 Å². The van der Waals surface area contributed by atoms with E-state index >= 15 is 0 Å². The standard InChI is InChI=1S/C27H36BNO6S2/c1-8-19-29(37(32,33)24-16-14-21(2)15-17-24)20-18-25(36(30,31)23-12-10-9-11-13-23)22(3)28-34-26(4,5)27(6,7)35-28/h8-17,25H,1,3,18-20H2,2,4-7H3. The van der Waals surface area contributed by atoms with Crippen molar-refractivity contribution in [2.75, 3.05) is 13.1 Å². The Labute approximate surface area is 222 Å². The molecule has 1 heterocycles. The van der Waals surface area contributed by atoms with Crippen LogP contribution in [0.1, 0.15) is 39.7 Å². The number of hydrogen-bond donors (Lipinski definition) is 0. The zero-order valence-electron chi connectivity index (χ0n) is 22.2. The predicted octanol–water partition coefficient (Wildman–Crippen LogP) is 4.59. The fourth-order valence-corrected chi connectivity index (χ4v) is 7.25. The van der Waals surface area contributed by atoms with Crippen LogP contribution in [0.5, 0.6) is 0 Å². The van der Waals surface area contributed by atoms with Gasteiger partial charge in [-0.1, -0.05) is 42.0 Å². The maximum atomic E-state index is 13.8. The van der Waals surface area contributed by atoms with Crippen LogP contribution in [0.25, 0.3) is 0 Å². The molecule has 1 unspecified atom stereocenters. The van der Waals surface area contributed by atoms with Crippen molar-refractivity contribution in [3.05, 3.63) is 84.9 Å². The van der Waals surface area contributed by atoms with E-state index < -0.39 is 43.4 Å². The molecule has 2 aromatic carbocycles. The summed E-state index contributed by atoms with van der Waals surface area (Å²) in [6.45, 7) is 17.1. The lowest BCUT2D eigenvalue weighted by molar-refractivity contribution is 0.00578. The van der Waals surface area contributed by atoms with Gasteiger partial charge in [0, 0.05) is 13.1 Å². The van der Waals surface area contributed by atoms with Crippen LogP contribution in [-0.4, -0.2) is 57.8 Å². The summed E-state index contributed by atoms with van der Waals surface area (Å²) >= 11 is 0. The SMILES string of the molecule is C=CCN(CCC(C(=C)B1OC(C)(C)C(C)(C)O1)S(=O)(=O)c1ccccc1)S(=O)(=O)c1ccc(C)cc1. The van der Waals surface area contributed by atoms with Crippen molar-refractivity contribution in [3.63, 3.8) is 0 Å². The van der Waals surface area contributed by atoms with Gasteiger partial charge in [-0.25, -0.2) is 16.8 Å². The van der Waals surface area contributed by atoms with E-state index in [1.807, 2.05) is 34.6 Å². The summed E-state index contributed by atoms with van der Waals surface area (Å²) < 4.78 is 67.9. The highest BCUT2D eigenvalue weighted by molar-refractivity contribution is 7.92. The molecule has 1 aliphatic rings. The highest BCUT2D eigenvalue weighted by Gasteiger charge is 2.54. The summed E-state index contributed by atoms with van der Waals surface area (Å²) in [5.74, 6) is 0. The van der Waals surface area contributed by atoms with Crippen molar-refractivity contribution in [1.29, 1.82) is 0 Å². The quantitative estimate of drug-likeness (QED) is 0.303. The molecule has 0 amide bonds. The van der Waals surface area contributed by atoms with Crippen LogP contribution in [0.4, 0.5) is 0 Å². The van der Waals surface area contributed by atoms with Crippen LogP contribution in [0.3, 0.4) is 0 Å². The van der Waals surface area contributed by atoms with Gasteiger partial charge >= 0.3 is 7.12 Å². The Balaban J connectivity index is 1.97. The summed E-state index contributed by atoms with van der Waals surface area (Å²) in [6, 6.07) is 14.6. The van der Waals surface area contributed by atoms with E-state index in [-0.39, 0.29) is 34.8 Å². The molecule has 1 atom stereocenters. The first-order chi connectivity index (χ1) is 17.1. The fraction of sp³-hybridized carbons (Fsp3) is 0.407. The van der Waals surface area contributed by atoms with Gasteiger partial charge in [-0.2, -0.15) is 4.31 Å². The van der Waals surface area contributed by atoms with Crippen molar-refractivity contribution in [2.45, 2.75) is 67.3 Å². The Kier molecular flexibility index (Phi) is 8.61. The summed E-state index contributed by atoms with van der Waals surface area (Å²) in [5, 5.41) is -1.15. The Bertz CT molecular complexity index is 1320. The molecule has 0 bridgehead atoms. The third-order valence-electron chi connectivity index (χ3n) is 7.05. The number of nitrogens with zero attached hydrogens (tertiary/aromatic N) is 1. The zero-order valence-corrected chi connectivity index (χ0v) is 23.8. The van der Waals surface area contributed by atoms with Gasteiger partial charge in [-0.15, -0.1) is 13.2 Å². The largest absolute Gasteiger partial charge is 0.491 e. The minimum absolute atomic E-state index is 0.0251. The third kappa shape index (κ3) is 6.09. The molecule has 1 fully saturated rings. The molecular weight excluding hydrogens is 509 g/mol. The smallest absolute Gasteiger partial charge is 0.400 e. The summed E-state index contributed by atoms with van der Waals surface area (Å²) in [5.41, 5.74) is -0.216. The third-order valence-corrected chi connectivity index (χ3v) is 11.1. The van der Waals surface area contributed by atoms with Gasteiger partial charge < -0.3 is 9.31 Å². The van der Waals surface area contributed by atoms with Gasteiger partial charge in [0.15, 0.2) is 9.84 Å². The number of rotatable bonds is 11. The van der Waals surface area contributed by atoms with Crippen molar-refractivity contribution in [3.8, 4) is 0 Å². The van der Waals surface area contributed by atoms with Crippen molar-refractivity contribution < 1.29 is 26.1 Å². The molecule has 1 saturated heterocycles. The molecule has 0 aliphatic carbocycles. The first-order valence-corrected chi connectivity index (χ1v) is 15.1. The lowest BCUT2D eigenvalue weighted by Crippen LogP contribution is -2.41. The highest BCUT2D eigenvalue weighted by Crippen LogP contribution is 2.40. The molecule has 7 nitrogen and oxygen atoms in total. The molecule has 0 saturated carbocycles. The molecule has 10 heteroatoms. The van der Waals surface area contributed by atoms with E-state index in [0.29, 0.717) is 0 Å². The van der Waals surface area contributed by atoms with Crippen LogP contribution in [0.15, 0.2) is 89.1 Å². The zero-order chi connectivity index (χ0) is 27.6. The number of aryl methyl sites for hydroxylation is 1. The average Bonchev–Trinajstić information content (AvgIpc) is 3.05.